The van der Waals surface area contributed by atoms with Gasteiger partial charge in [-0.1, -0.05) is 83.0 Å². The van der Waals surface area contributed by atoms with E-state index in [2.05, 4.69) is 21.2 Å². The van der Waals surface area contributed by atoms with E-state index in [1.165, 1.54) is 17.0 Å². The Balaban J connectivity index is 1.80. The molecule has 0 heterocycles. The molecule has 0 radical (unpaired) electrons. The maximum absolute atomic E-state index is 14.5. The Morgan fingerprint density at radius 2 is 1.49 bits per heavy atom. The van der Waals surface area contributed by atoms with E-state index in [1.54, 1.807) is 24.3 Å². The quantitative estimate of drug-likeness (QED) is 0.170. The molecule has 4 aromatic carbocycles. The van der Waals surface area contributed by atoms with Crippen LogP contribution < -0.4 is 9.62 Å². The zero-order valence-corrected chi connectivity index (χ0v) is 27.9. The van der Waals surface area contributed by atoms with E-state index in [-0.39, 0.29) is 35.5 Å². The fourth-order valence-electron chi connectivity index (χ4n) is 4.76. The molecule has 2 atom stereocenters. The van der Waals surface area contributed by atoms with Crippen LogP contribution in [0.1, 0.15) is 37.0 Å². The number of rotatable bonds is 13. The molecule has 0 unspecified atom stereocenters. The first-order valence-electron chi connectivity index (χ1n) is 14.7. The molecule has 0 spiro atoms. The molecule has 4 rings (SSSR count). The molecule has 0 saturated carbocycles. The predicted molar refractivity (Wildman–Crippen MR) is 179 cm³/mol. The second kappa shape index (κ2) is 15.3. The fraction of sp³-hybridized carbons (Fsp3) is 0.257. The summed E-state index contributed by atoms with van der Waals surface area (Å²) >= 11 is 3.44. The van der Waals surface area contributed by atoms with Gasteiger partial charge in [-0.3, -0.25) is 13.9 Å². The van der Waals surface area contributed by atoms with Crippen molar-refractivity contribution in [3.05, 3.63) is 130 Å². The van der Waals surface area contributed by atoms with E-state index in [1.807, 2.05) is 75.4 Å². The van der Waals surface area contributed by atoms with E-state index in [0.717, 1.165) is 37.6 Å². The van der Waals surface area contributed by atoms with Crippen molar-refractivity contribution in [3.8, 4) is 0 Å². The summed E-state index contributed by atoms with van der Waals surface area (Å²) in [7, 11) is -4.31. The third kappa shape index (κ3) is 9.02. The first-order chi connectivity index (χ1) is 21.5. The van der Waals surface area contributed by atoms with Crippen LogP contribution in [-0.2, 0) is 32.6 Å². The average molecular weight is 695 g/mol. The number of nitrogens with zero attached hydrogens (tertiary/aromatic N) is 2. The molecular weight excluding hydrogens is 657 g/mol. The van der Waals surface area contributed by atoms with Crippen LogP contribution in [0.4, 0.5) is 10.1 Å². The first kappa shape index (κ1) is 33.9. The van der Waals surface area contributed by atoms with Gasteiger partial charge in [0.05, 0.1) is 10.6 Å². The van der Waals surface area contributed by atoms with E-state index in [4.69, 9.17) is 0 Å². The molecule has 4 aromatic rings. The third-order valence-corrected chi connectivity index (χ3v) is 9.86. The molecule has 10 heteroatoms. The van der Waals surface area contributed by atoms with E-state index >= 15 is 0 Å². The number of anilines is 1. The van der Waals surface area contributed by atoms with Crippen molar-refractivity contribution < 1.29 is 22.4 Å². The molecule has 0 saturated heterocycles. The Morgan fingerprint density at radius 3 is 2.09 bits per heavy atom. The van der Waals surface area contributed by atoms with Crippen LogP contribution >= 0.6 is 15.9 Å². The van der Waals surface area contributed by atoms with Gasteiger partial charge in [-0.2, -0.15) is 0 Å². The summed E-state index contributed by atoms with van der Waals surface area (Å²) in [5, 5.41) is 3.03. The maximum atomic E-state index is 14.5. The lowest BCUT2D eigenvalue weighted by Gasteiger charge is -2.34. The highest BCUT2D eigenvalue weighted by Crippen LogP contribution is 2.26. The van der Waals surface area contributed by atoms with Crippen LogP contribution in [0.5, 0.6) is 0 Å². The zero-order chi connectivity index (χ0) is 32.6. The van der Waals surface area contributed by atoms with Crippen LogP contribution in [0, 0.1) is 12.7 Å². The summed E-state index contributed by atoms with van der Waals surface area (Å²) in [6, 6.07) is 27.0. The highest BCUT2D eigenvalue weighted by Gasteiger charge is 2.35. The Hall–Kier alpha value is -4.02. The lowest BCUT2D eigenvalue weighted by atomic mass is 10.0. The number of benzene rings is 4. The second-order valence-corrected chi connectivity index (χ2v) is 13.8. The number of amides is 2. The number of aryl methyl sites for hydroxylation is 1. The van der Waals surface area contributed by atoms with Crippen molar-refractivity contribution in [2.45, 2.75) is 57.1 Å². The van der Waals surface area contributed by atoms with Gasteiger partial charge in [0, 0.05) is 23.5 Å². The third-order valence-electron chi connectivity index (χ3n) is 7.54. The molecule has 1 N–H and O–H groups in total. The minimum atomic E-state index is -4.31. The molecule has 0 bridgehead atoms. The molecule has 7 nitrogen and oxygen atoms in total. The smallest absolute Gasteiger partial charge is 0.264 e. The molecule has 0 aliphatic carbocycles. The standard InChI is InChI=1S/C35H37BrFN3O4S/c1-4-26(3)38-35(42)33(22-27-8-6-5-7-9-27)39(23-28-12-14-29(36)15-13-28)34(41)24-40(31-18-10-25(2)11-19-31)45(43,44)32-20-16-30(37)17-21-32/h5-21,26,33H,4,22-24H2,1-3H3,(H,38,42)/t26-,33-/m0/s1. The fourth-order valence-corrected chi connectivity index (χ4v) is 6.43. The molecule has 0 aromatic heterocycles. The zero-order valence-electron chi connectivity index (χ0n) is 25.5. The van der Waals surface area contributed by atoms with E-state index < -0.39 is 34.3 Å². The van der Waals surface area contributed by atoms with Crippen LogP contribution in [0.15, 0.2) is 112 Å². The molecule has 236 valence electrons. The number of carbonyl (C=O) groups excluding carboxylic acids is 2. The lowest BCUT2D eigenvalue weighted by molar-refractivity contribution is -0.140. The largest absolute Gasteiger partial charge is 0.352 e. The van der Waals surface area contributed by atoms with Gasteiger partial charge in [0.2, 0.25) is 11.8 Å². The number of hydrogen-bond donors (Lipinski definition) is 1. The van der Waals surface area contributed by atoms with Gasteiger partial charge in [-0.05, 0) is 79.9 Å². The molecule has 0 fully saturated rings. The summed E-state index contributed by atoms with van der Waals surface area (Å²) in [6.45, 7) is 5.21. The minimum Gasteiger partial charge on any atom is -0.352 e. The van der Waals surface area contributed by atoms with Gasteiger partial charge in [0.25, 0.3) is 10.0 Å². The number of carbonyl (C=O) groups is 2. The van der Waals surface area contributed by atoms with Gasteiger partial charge in [-0.25, -0.2) is 12.8 Å². The summed E-state index contributed by atoms with van der Waals surface area (Å²) in [6.07, 6.45) is 0.919. The Kier molecular flexibility index (Phi) is 11.5. The Morgan fingerprint density at radius 1 is 0.867 bits per heavy atom. The van der Waals surface area contributed by atoms with E-state index in [9.17, 15) is 22.4 Å². The number of nitrogens with one attached hydrogen (secondary N) is 1. The van der Waals surface area contributed by atoms with Gasteiger partial charge in [0.1, 0.15) is 18.4 Å². The highest BCUT2D eigenvalue weighted by molar-refractivity contribution is 9.10. The number of sulfonamides is 1. The van der Waals surface area contributed by atoms with Crippen molar-refractivity contribution in [1.29, 1.82) is 0 Å². The molecule has 45 heavy (non-hydrogen) atoms. The van der Waals surface area contributed by atoms with Gasteiger partial charge >= 0.3 is 0 Å². The van der Waals surface area contributed by atoms with Crippen molar-refractivity contribution in [3.63, 3.8) is 0 Å². The predicted octanol–water partition coefficient (Wildman–Crippen LogP) is 6.65. The van der Waals surface area contributed by atoms with Gasteiger partial charge in [0.15, 0.2) is 0 Å². The second-order valence-electron chi connectivity index (χ2n) is 11.0. The monoisotopic (exact) mass is 693 g/mol. The van der Waals surface area contributed by atoms with Crippen molar-refractivity contribution in [2.24, 2.45) is 0 Å². The SMILES string of the molecule is CC[C@H](C)NC(=O)[C@H](Cc1ccccc1)N(Cc1ccc(Br)cc1)C(=O)CN(c1ccc(C)cc1)S(=O)(=O)c1ccc(F)cc1. The Bertz CT molecular complexity index is 1680. The molecular formula is C35H37BrFN3O4S. The summed E-state index contributed by atoms with van der Waals surface area (Å²) < 4.78 is 43.6. The van der Waals surface area contributed by atoms with Crippen molar-refractivity contribution in [2.75, 3.05) is 10.8 Å². The summed E-state index contributed by atoms with van der Waals surface area (Å²) in [5.41, 5.74) is 2.80. The minimum absolute atomic E-state index is 0.0654. The van der Waals surface area contributed by atoms with Crippen LogP contribution in [-0.4, -0.2) is 43.8 Å². The molecule has 0 aliphatic rings. The van der Waals surface area contributed by atoms with Gasteiger partial charge in [-0.15, -0.1) is 0 Å². The summed E-state index contributed by atoms with van der Waals surface area (Å²) in [5.74, 6) is -1.48. The molecule has 0 aliphatic heterocycles. The van der Waals surface area contributed by atoms with Crippen molar-refractivity contribution in [1.82, 2.24) is 10.2 Å². The van der Waals surface area contributed by atoms with Crippen LogP contribution in [0.2, 0.25) is 0 Å². The Labute approximate surface area is 273 Å². The maximum Gasteiger partial charge on any atom is 0.264 e. The number of halogens is 2. The van der Waals surface area contributed by atoms with Crippen LogP contribution in [0.3, 0.4) is 0 Å². The topological polar surface area (TPSA) is 86.8 Å². The highest BCUT2D eigenvalue weighted by atomic mass is 79.9. The number of hydrogen-bond acceptors (Lipinski definition) is 4. The normalized spacial score (nSPS) is 12.6. The first-order valence-corrected chi connectivity index (χ1v) is 16.9. The van der Waals surface area contributed by atoms with Crippen LogP contribution in [0.25, 0.3) is 0 Å². The van der Waals surface area contributed by atoms with Gasteiger partial charge < -0.3 is 10.2 Å². The van der Waals surface area contributed by atoms with Crippen molar-refractivity contribution >= 4 is 43.5 Å². The molecule has 2 amide bonds. The average Bonchev–Trinajstić information content (AvgIpc) is 3.03. The lowest BCUT2D eigenvalue weighted by Crippen LogP contribution is -2.54. The van der Waals surface area contributed by atoms with E-state index in [0.29, 0.717) is 6.42 Å². The summed E-state index contributed by atoms with van der Waals surface area (Å²) in [4.78, 5) is 29.6.